The van der Waals surface area contributed by atoms with Crippen LogP contribution in [0.2, 0.25) is 5.02 Å². The van der Waals surface area contributed by atoms with Crippen LogP contribution in [0.1, 0.15) is 5.56 Å². The van der Waals surface area contributed by atoms with Gasteiger partial charge in [0, 0.05) is 36.2 Å². The lowest BCUT2D eigenvalue weighted by Gasteiger charge is -2.27. The Morgan fingerprint density at radius 3 is 2.75 bits per heavy atom. The molecule has 7 heteroatoms. The zero-order valence-corrected chi connectivity index (χ0v) is 14.9. The molecule has 1 aromatic rings. The van der Waals surface area contributed by atoms with E-state index in [0.29, 0.717) is 23.9 Å². The fraction of sp³-hybridized carbons (Fsp3) is 0.462. The Kier molecular flexibility index (Phi) is 7.98. The van der Waals surface area contributed by atoms with E-state index in [4.69, 9.17) is 17.3 Å². The predicted octanol–water partition coefficient (Wildman–Crippen LogP) is 3.00. The van der Waals surface area contributed by atoms with E-state index in [9.17, 15) is 4.39 Å². The molecule has 0 aromatic heterocycles. The molecular formula is C13H18ClFIN3S. The molecule has 1 heterocycles. The number of hydrogen-bond acceptors (Lipinski definition) is 2. The van der Waals surface area contributed by atoms with Crippen LogP contribution < -0.4 is 5.73 Å². The summed E-state index contributed by atoms with van der Waals surface area (Å²) in [5.41, 5.74) is 6.85. The summed E-state index contributed by atoms with van der Waals surface area (Å²) in [7, 11) is 0. The van der Waals surface area contributed by atoms with Crippen LogP contribution in [0.15, 0.2) is 23.2 Å². The molecule has 2 N–H and O–H groups in total. The zero-order chi connectivity index (χ0) is 13.7. The van der Waals surface area contributed by atoms with Gasteiger partial charge in [0.05, 0.1) is 0 Å². The maximum absolute atomic E-state index is 12.9. The highest BCUT2D eigenvalue weighted by molar-refractivity contribution is 14.0. The Morgan fingerprint density at radius 2 is 2.10 bits per heavy atom. The zero-order valence-electron chi connectivity index (χ0n) is 11.0. The third-order valence-corrected chi connectivity index (χ3v) is 4.30. The van der Waals surface area contributed by atoms with Crippen LogP contribution in [0.4, 0.5) is 4.39 Å². The number of thioether (sulfide) groups is 1. The van der Waals surface area contributed by atoms with Gasteiger partial charge in [-0.3, -0.25) is 4.99 Å². The summed E-state index contributed by atoms with van der Waals surface area (Å²) < 4.78 is 12.9. The number of guanidine groups is 1. The third kappa shape index (κ3) is 5.29. The van der Waals surface area contributed by atoms with Crippen molar-refractivity contribution in [1.82, 2.24) is 4.90 Å². The molecule has 0 amide bonds. The Hall–Kier alpha value is -0.210. The van der Waals surface area contributed by atoms with Crippen molar-refractivity contribution < 1.29 is 4.39 Å². The lowest BCUT2D eigenvalue weighted by molar-refractivity contribution is 0.456. The maximum atomic E-state index is 12.9. The van der Waals surface area contributed by atoms with Gasteiger partial charge in [0.25, 0.3) is 0 Å². The standard InChI is InChI=1S/C13H17ClFN3S.HI/c14-12-9-11(15)2-1-10(12)3-4-17-13(16)18-5-7-19-8-6-18;/h1-2,9H,3-8H2,(H2,16,17);1H. The molecule has 0 spiro atoms. The lowest BCUT2D eigenvalue weighted by Crippen LogP contribution is -2.42. The fourth-order valence-electron chi connectivity index (χ4n) is 1.91. The van der Waals surface area contributed by atoms with Crippen LogP contribution in [0.5, 0.6) is 0 Å². The molecule has 20 heavy (non-hydrogen) atoms. The summed E-state index contributed by atoms with van der Waals surface area (Å²) >= 11 is 7.90. The van der Waals surface area contributed by atoms with E-state index >= 15 is 0 Å². The Balaban J connectivity index is 0.00000200. The van der Waals surface area contributed by atoms with Gasteiger partial charge >= 0.3 is 0 Å². The van der Waals surface area contributed by atoms with Crippen LogP contribution in [0, 0.1) is 5.82 Å². The first-order valence-corrected chi connectivity index (χ1v) is 7.76. The summed E-state index contributed by atoms with van der Waals surface area (Å²) in [6.07, 6.45) is 0.669. The summed E-state index contributed by atoms with van der Waals surface area (Å²) in [6.45, 7) is 2.48. The second kappa shape index (κ2) is 8.94. The molecule has 0 bridgehead atoms. The SMILES string of the molecule is I.NC(=NCCc1ccc(F)cc1Cl)N1CCSCC1. The molecule has 0 radical (unpaired) electrons. The van der Waals surface area contributed by atoms with Crippen LogP contribution in [-0.4, -0.2) is 42.0 Å². The van der Waals surface area contributed by atoms with E-state index in [0.717, 1.165) is 30.2 Å². The number of rotatable bonds is 3. The minimum atomic E-state index is -0.317. The Morgan fingerprint density at radius 1 is 1.40 bits per heavy atom. The molecule has 0 atom stereocenters. The highest BCUT2D eigenvalue weighted by atomic mass is 127. The molecule has 3 nitrogen and oxygen atoms in total. The number of nitrogens with two attached hydrogens (primary N) is 1. The first kappa shape index (κ1) is 17.8. The second-order valence-corrected chi connectivity index (χ2v) is 5.96. The van der Waals surface area contributed by atoms with Crippen molar-refractivity contribution >= 4 is 53.3 Å². The van der Waals surface area contributed by atoms with Crippen molar-refractivity contribution in [3.63, 3.8) is 0 Å². The average Bonchev–Trinajstić information content (AvgIpc) is 2.42. The van der Waals surface area contributed by atoms with Crippen LogP contribution in [-0.2, 0) is 6.42 Å². The molecule has 1 saturated heterocycles. The minimum Gasteiger partial charge on any atom is -0.370 e. The van der Waals surface area contributed by atoms with Crippen molar-refractivity contribution in [3.05, 3.63) is 34.6 Å². The number of hydrogen-bond donors (Lipinski definition) is 1. The molecule has 0 saturated carbocycles. The monoisotopic (exact) mass is 429 g/mol. The van der Waals surface area contributed by atoms with Crippen molar-refractivity contribution in [1.29, 1.82) is 0 Å². The molecule has 1 aromatic carbocycles. The maximum Gasteiger partial charge on any atom is 0.191 e. The molecule has 112 valence electrons. The van der Waals surface area contributed by atoms with E-state index in [1.165, 1.54) is 12.1 Å². The first-order valence-electron chi connectivity index (χ1n) is 6.23. The van der Waals surface area contributed by atoms with Crippen LogP contribution in [0.3, 0.4) is 0 Å². The van der Waals surface area contributed by atoms with E-state index < -0.39 is 0 Å². The average molecular weight is 430 g/mol. The van der Waals surface area contributed by atoms with Gasteiger partial charge in [-0.25, -0.2) is 4.39 Å². The number of benzene rings is 1. The van der Waals surface area contributed by atoms with Gasteiger partial charge in [0.1, 0.15) is 5.82 Å². The summed E-state index contributed by atoms with van der Waals surface area (Å²) in [5.74, 6) is 2.47. The largest absolute Gasteiger partial charge is 0.370 e. The van der Waals surface area contributed by atoms with E-state index in [1.54, 1.807) is 6.07 Å². The van der Waals surface area contributed by atoms with Crippen molar-refractivity contribution in [2.75, 3.05) is 31.1 Å². The van der Waals surface area contributed by atoms with Gasteiger partial charge in [-0.05, 0) is 24.1 Å². The van der Waals surface area contributed by atoms with Crippen LogP contribution >= 0.6 is 47.3 Å². The number of aliphatic imine (C=N–C) groups is 1. The van der Waals surface area contributed by atoms with Gasteiger partial charge in [0.15, 0.2) is 5.96 Å². The Bertz CT molecular complexity index is 467. The molecule has 0 unspecified atom stereocenters. The van der Waals surface area contributed by atoms with Gasteiger partial charge in [-0.2, -0.15) is 11.8 Å². The third-order valence-electron chi connectivity index (χ3n) is 3.01. The first-order chi connectivity index (χ1) is 9.16. The van der Waals surface area contributed by atoms with E-state index in [-0.39, 0.29) is 29.8 Å². The smallest absolute Gasteiger partial charge is 0.191 e. The molecule has 0 aliphatic carbocycles. The molecule has 1 aliphatic heterocycles. The molecule has 2 rings (SSSR count). The lowest BCUT2D eigenvalue weighted by atomic mass is 10.1. The highest BCUT2D eigenvalue weighted by Crippen LogP contribution is 2.17. The topological polar surface area (TPSA) is 41.6 Å². The second-order valence-electron chi connectivity index (χ2n) is 4.33. The molecule has 1 aliphatic rings. The van der Waals surface area contributed by atoms with Gasteiger partial charge in [-0.1, -0.05) is 17.7 Å². The van der Waals surface area contributed by atoms with E-state index in [2.05, 4.69) is 9.89 Å². The summed E-state index contributed by atoms with van der Waals surface area (Å²) in [6, 6.07) is 4.43. The van der Waals surface area contributed by atoms with Crippen molar-refractivity contribution in [3.8, 4) is 0 Å². The van der Waals surface area contributed by atoms with Crippen molar-refractivity contribution in [2.24, 2.45) is 10.7 Å². The van der Waals surface area contributed by atoms with Gasteiger partial charge in [0.2, 0.25) is 0 Å². The quantitative estimate of drug-likeness (QED) is 0.456. The van der Waals surface area contributed by atoms with E-state index in [1.807, 2.05) is 11.8 Å². The molecular weight excluding hydrogens is 412 g/mol. The minimum absolute atomic E-state index is 0. The molecule has 1 fully saturated rings. The number of nitrogens with zero attached hydrogens (tertiary/aromatic N) is 2. The Labute approximate surface area is 145 Å². The van der Waals surface area contributed by atoms with Crippen LogP contribution in [0.25, 0.3) is 0 Å². The van der Waals surface area contributed by atoms with Gasteiger partial charge in [-0.15, -0.1) is 24.0 Å². The fourth-order valence-corrected chi connectivity index (χ4v) is 3.07. The normalized spacial score (nSPS) is 15.9. The van der Waals surface area contributed by atoms with Crippen molar-refractivity contribution in [2.45, 2.75) is 6.42 Å². The highest BCUT2D eigenvalue weighted by Gasteiger charge is 2.11. The van der Waals surface area contributed by atoms with Gasteiger partial charge < -0.3 is 10.6 Å². The summed E-state index contributed by atoms with van der Waals surface area (Å²) in [4.78, 5) is 6.47. The predicted molar refractivity (Wildman–Crippen MR) is 95.9 cm³/mol. The number of halogens is 3. The summed E-state index contributed by atoms with van der Waals surface area (Å²) in [5, 5.41) is 0.447.